The summed E-state index contributed by atoms with van der Waals surface area (Å²) in [5.74, 6) is -0.373. The minimum Gasteiger partial charge on any atom is -0.497 e. The van der Waals surface area contributed by atoms with Crippen molar-refractivity contribution in [1.29, 1.82) is 0 Å². The molecule has 13 heteroatoms. The molecule has 1 fully saturated rings. The van der Waals surface area contributed by atoms with Crippen molar-refractivity contribution < 1.29 is 23.8 Å². The molecule has 3 N–H and O–H groups in total. The summed E-state index contributed by atoms with van der Waals surface area (Å²) in [5.41, 5.74) is 2.32. The van der Waals surface area contributed by atoms with Crippen LogP contribution in [0, 0.1) is 12.7 Å². The first-order chi connectivity index (χ1) is 19.8. The Morgan fingerprint density at radius 1 is 1.27 bits per heavy atom. The number of nitrogens with one attached hydrogen (secondary N) is 2. The summed E-state index contributed by atoms with van der Waals surface area (Å²) in [4.78, 5) is 35.7. The first kappa shape index (κ1) is 28.2. The van der Waals surface area contributed by atoms with Crippen LogP contribution in [0.1, 0.15) is 43.0 Å². The summed E-state index contributed by atoms with van der Waals surface area (Å²) in [5, 5.41) is 20.3. The van der Waals surface area contributed by atoms with Crippen LogP contribution < -0.4 is 20.9 Å². The van der Waals surface area contributed by atoms with Crippen molar-refractivity contribution in [1.82, 2.24) is 29.5 Å². The molecule has 0 radical (unpaired) electrons. The van der Waals surface area contributed by atoms with Crippen molar-refractivity contribution >= 4 is 17.4 Å². The van der Waals surface area contributed by atoms with Gasteiger partial charge in [0.05, 0.1) is 25.5 Å². The molecule has 4 aromatic rings. The molecule has 1 aliphatic heterocycles. The zero-order chi connectivity index (χ0) is 29.1. The SMILES string of the molecule is COc1cc(F)cc(C(CO)NC(=O)C(C)n2cnn3cc(-c4nc(NC5CCOCC5)ncc4C)cc3c2=O)c1. The fourth-order valence-electron chi connectivity index (χ4n) is 4.79. The number of carbonyl (C=O) groups excluding carboxylic acids is 1. The summed E-state index contributed by atoms with van der Waals surface area (Å²) in [7, 11) is 1.39. The number of halogens is 1. The molecule has 0 aliphatic carbocycles. The maximum atomic E-state index is 14.0. The zero-order valence-corrected chi connectivity index (χ0v) is 23.0. The molecule has 12 nitrogen and oxygen atoms in total. The molecule has 1 saturated heterocycles. The first-order valence-electron chi connectivity index (χ1n) is 13.3. The Kier molecular flexibility index (Phi) is 8.26. The first-order valence-corrected chi connectivity index (χ1v) is 13.3. The number of rotatable bonds is 9. The third-order valence-electron chi connectivity index (χ3n) is 7.18. The van der Waals surface area contributed by atoms with Crippen molar-refractivity contribution in [2.45, 2.75) is 44.8 Å². The number of aliphatic hydroxyl groups is 1. The molecule has 1 amide bonds. The Morgan fingerprint density at radius 2 is 2.05 bits per heavy atom. The van der Waals surface area contributed by atoms with E-state index in [0.717, 1.165) is 18.4 Å². The molecule has 41 heavy (non-hydrogen) atoms. The van der Waals surface area contributed by atoms with Crippen LogP contribution in [0.5, 0.6) is 5.75 Å². The van der Waals surface area contributed by atoms with E-state index in [0.29, 0.717) is 36.0 Å². The maximum absolute atomic E-state index is 14.0. The Morgan fingerprint density at radius 3 is 2.78 bits per heavy atom. The lowest BCUT2D eigenvalue weighted by atomic mass is 10.1. The van der Waals surface area contributed by atoms with Crippen LogP contribution in [0.15, 0.2) is 47.8 Å². The lowest BCUT2D eigenvalue weighted by Gasteiger charge is -2.23. The molecule has 1 aliphatic rings. The predicted octanol–water partition coefficient (Wildman–Crippen LogP) is 2.41. The number of anilines is 1. The van der Waals surface area contributed by atoms with Gasteiger partial charge in [-0.05, 0) is 56.0 Å². The van der Waals surface area contributed by atoms with Gasteiger partial charge in [0, 0.05) is 43.3 Å². The van der Waals surface area contributed by atoms with Gasteiger partial charge in [0.1, 0.15) is 29.5 Å². The van der Waals surface area contributed by atoms with Gasteiger partial charge in [-0.15, -0.1) is 0 Å². The van der Waals surface area contributed by atoms with Crippen LogP contribution in [-0.2, 0) is 9.53 Å². The monoisotopic (exact) mass is 565 g/mol. The molecule has 1 aromatic carbocycles. The number of methoxy groups -OCH3 is 1. The highest BCUT2D eigenvalue weighted by molar-refractivity contribution is 5.80. The Hall–Kier alpha value is -4.36. The van der Waals surface area contributed by atoms with Crippen LogP contribution in [0.3, 0.4) is 0 Å². The van der Waals surface area contributed by atoms with Gasteiger partial charge >= 0.3 is 0 Å². The minimum atomic E-state index is -0.973. The largest absolute Gasteiger partial charge is 0.497 e. The summed E-state index contributed by atoms with van der Waals surface area (Å²) in [6.45, 7) is 4.33. The topological polar surface area (TPSA) is 145 Å². The van der Waals surface area contributed by atoms with E-state index in [1.165, 1.54) is 40.7 Å². The fourth-order valence-corrected chi connectivity index (χ4v) is 4.79. The number of aryl methyl sites for hydroxylation is 1. The number of nitrogens with zero attached hydrogens (tertiary/aromatic N) is 5. The number of aliphatic hydroxyl groups excluding tert-OH is 1. The summed E-state index contributed by atoms with van der Waals surface area (Å²) >= 11 is 0. The van der Waals surface area contributed by atoms with E-state index in [2.05, 4.69) is 20.7 Å². The molecular formula is C28H32FN7O5. The molecule has 2 atom stereocenters. The molecule has 0 saturated carbocycles. The average molecular weight is 566 g/mol. The van der Waals surface area contributed by atoms with E-state index in [4.69, 9.17) is 14.5 Å². The molecule has 0 spiro atoms. The van der Waals surface area contributed by atoms with Gasteiger partial charge in [0.25, 0.3) is 5.56 Å². The van der Waals surface area contributed by atoms with E-state index in [-0.39, 0.29) is 17.3 Å². The van der Waals surface area contributed by atoms with Crippen molar-refractivity contribution in [2.75, 3.05) is 32.2 Å². The van der Waals surface area contributed by atoms with Gasteiger partial charge < -0.3 is 25.2 Å². The lowest BCUT2D eigenvalue weighted by molar-refractivity contribution is -0.125. The summed E-state index contributed by atoms with van der Waals surface area (Å²) in [6.07, 6.45) is 6.46. The highest BCUT2D eigenvalue weighted by atomic mass is 19.1. The second-order valence-corrected chi connectivity index (χ2v) is 10.0. The number of amides is 1. The maximum Gasteiger partial charge on any atom is 0.278 e. The normalized spacial score (nSPS) is 15.4. The Labute approximate surface area is 235 Å². The molecule has 2 unspecified atom stereocenters. The summed E-state index contributed by atoms with van der Waals surface area (Å²) < 4.78 is 27.2. The quantitative estimate of drug-likeness (QED) is 0.279. The standard InChI is InChI=1S/C28H32FN7O5/c1-16-12-30-28(32-21-4-6-41-7-5-21)34-25(16)19-10-24-27(39)35(15-31-36(24)13-19)17(2)26(38)33-23(14-37)18-8-20(29)11-22(9-18)40-3/h8-13,15,17,21,23,37H,4-7,14H2,1-3H3,(H,33,38)(H,30,32,34). The van der Waals surface area contributed by atoms with Crippen molar-refractivity contribution in [3.8, 4) is 17.0 Å². The van der Waals surface area contributed by atoms with Crippen LogP contribution in [0.2, 0.25) is 0 Å². The third-order valence-corrected chi connectivity index (χ3v) is 7.18. The Balaban J connectivity index is 1.38. The van der Waals surface area contributed by atoms with Gasteiger partial charge in [0.15, 0.2) is 0 Å². The van der Waals surface area contributed by atoms with Crippen LogP contribution in [-0.4, -0.2) is 68.1 Å². The van der Waals surface area contributed by atoms with E-state index >= 15 is 0 Å². The molecule has 0 bridgehead atoms. The second kappa shape index (κ2) is 12.0. The number of benzene rings is 1. The number of hydrogen-bond acceptors (Lipinski definition) is 9. The van der Waals surface area contributed by atoms with Gasteiger partial charge in [-0.3, -0.25) is 14.2 Å². The molecule has 4 heterocycles. The molecule has 3 aromatic heterocycles. The number of ether oxygens (including phenoxy) is 2. The number of hydrogen-bond donors (Lipinski definition) is 3. The number of aromatic nitrogens is 5. The van der Waals surface area contributed by atoms with E-state index in [1.54, 1.807) is 25.4 Å². The van der Waals surface area contributed by atoms with Crippen molar-refractivity contribution in [2.24, 2.45) is 0 Å². The predicted molar refractivity (Wildman–Crippen MR) is 148 cm³/mol. The third kappa shape index (κ3) is 6.05. The average Bonchev–Trinajstić information content (AvgIpc) is 3.42. The van der Waals surface area contributed by atoms with Gasteiger partial charge in [-0.25, -0.2) is 18.9 Å². The van der Waals surface area contributed by atoms with E-state index in [9.17, 15) is 19.1 Å². The Bertz CT molecular complexity index is 1620. The zero-order valence-electron chi connectivity index (χ0n) is 23.0. The molecule has 216 valence electrons. The highest BCUT2D eigenvalue weighted by Crippen LogP contribution is 2.25. The van der Waals surface area contributed by atoms with Gasteiger partial charge in [0.2, 0.25) is 11.9 Å². The smallest absolute Gasteiger partial charge is 0.278 e. The minimum absolute atomic E-state index is 0.224. The number of carbonyl (C=O) groups is 1. The fraction of sp³-hybridized carbons (Fsp3) is 0.393. The van der Waals surface area contributed by atoms with Crippen molar-refractivity contribution in [3.05, 3.63) is 70.3 Å². The number of fused-ring (bicyclic) bond motifs is 1. The van der Waals surface area contributed by atoms with E-state index in [1.807, 2.05) is 6.92 Å². The lowest BCUT2D eigenvalue weighted by Crippen LogP contribution is -2.39. The molecule has 5 rings (SSSR count). The van der Waals surface area contributed by atoms with Gasteiger partial charge in [-0.1, -0.05) is 0 Å². The van der Waals surface area contributed by atoms with Crippen LogP contribution in [0.25, 0.3) is 16.8 Å². The van der Waals surface area contributed by atoms with Gasteiger partial charge in [-0.2, -0.15) is 5.10 Å². The van der Waals surface area contributed by atoms with Crippen LogP contribution in [0.4, 0.5) is 10.3 Å². The van der Waals surface area contributed by atoms with E-state index < -0.39 is 36.0 Å². The summed E-state index contributed by atoms with van der Waals surface area (Å²) in [6, 6.07) is 3.94. The second-order valence-electron chi connectivity index (χ2n) is 10.0. The highest BCUT2D eigenvalue weighted by Gasteiger charge is 2.23. The van der Waals surface area contributed by atoms with Crippen molar-refractivity contribution in [3.63, 3.8) is 0 Å². The van der Waals surface area contributed by atoms with Crippen LogP contribution >= 0.6 is 0 Å². The molecular weight excluding hydrogens is 533 g/mol.